The van der Waals surface area contributed by atoms with Crippen LogP contribution in [0.2, 0.25) is 5.02 Å². The average Bonchev–Trinajstić information content (AvgIpc) is 3.33. The van der Waals surface area contributed by atoms with Crippen LogP contribution in [0.3, 0.4) is 0 Å². The number of nitrogens with two attached hydrogens (primary N) is 1. The van der Waals surface area contributed by atoms with Gasteiger partial charge in [0, 0.05) is 34.1 Å². The molecule has 3 heterocycles. The lowest BCUT2D eigenvalue weighted by Crippen LogP contribution is -2.42. The number of sulfonamides is 1. The number of nitrogens with zero attached hydrogens (tertiary/aromatic N) is 4. The van der Waals surface area contributed by atoms with Crippen LogP contribution < -0.4 is 10.5 Å². The van der Waals surface area contributed by atoms with Gasteiger partial charge >= 0.3 is 6.18 Å². The van der Waals surface area contributed by atoms with Gasteiger partial charge in [-0.2, -0.15) is 18.3 Å². The van der Waals surface area contributed by atoms with Gasteiger partial charge in [0.2, 0.25) is 5.03 Å². The molecule has 0 spiro atoms. The molecule has 1 amide bonds. The van der Waals surface area contributed by atoms with Gasteiger partial charge in [-0.25, -0.2) is 23.1 Å². The molecule has 3 N–H and O–H groups in total. The highest BCUT2D eigenvalue weighted by atomic mass is 35.5. The topological polar surface area (TPSA) is 132 Å². The molecule has 0 aliphatic heterocycles. The van der Waals surface area contributed by atoms with Crippen LogP contribution in [0, 0.1) is 0 Å². The number of nitrogens with one attached hydrogen (secondary N) is 1. The normalized spacial score (nSPS) is 12.5. The van der Waals surface area contributed by atoms with E-state index in [-0.39, 0.29) is 16.9 Å². The number of benzene rings is 2. The Labute approximate surface area is 243 Å². The van der Waals surface area contributed by atoms with E-state index in [1.165, 1.54) is 18.3 Å². The van der Waals surface area contributed by atoms with Crippen LogP contribution in [-0.2, 0) is 21.7 Å². The van der Waals surface area contributed by atoms with Crippen molar-refractivity contribution in [3.8, 4) is 22.4 Å². The van der Waals surface area contributed by atoms with Crippen molar-refractivity contribution in [2.45, 2.75) is 30.6 Å². The van der Waals surface area contributed by atoms with E-state index in [1.807, 2.05) is 0 Å². The van der Waals surface area contributed by atoms with Crippen molar-refractivity contribution in [1.82, 2.24) is 24.9 Å². The number of rotatable bonds is 6. The number of amides is 1. The zero-order chi connectivity index (χ0) is 30.4. The van der Waals surface area contributed by atoms with Crippen LogP contribution in [0.5, 0.6) is 0 Å². The second-order valence-electron chi connectivity index (χ2n) is 9.83. The zero-order valence-electron chi connectivity index (χ0n) is 22.0. The zero-order valence-corrected chi connectivity index (χ0v) is 23.6. The number of hydrogen-bond acceptors (Lipinski definition) is 6. The van der Waals surface area contributed by atoms with Crippen LogP contribution in [0.4, 0.5) is 13.2 Å². The van der Waals surface area contributed by atoms with Crippen molar-refractivity contribution in [2.75, 3.05) is 0 Å². The predicted molar refractivity (Wildman–Crippen MR) is 150 cm³/mol. The fraction of sp³-hybridized carbons (Fsp3) is 0.143. The molecule has 0 atom stereocenters. The van der Waals surface area contributed by atoms with Crippen molar-refractivity contribution in [3.05, 3.63) is 101 Å². The first-order valence-electron chi connectivity index (χ1n) is 12.3. The average molecular weight is 615 g/mol. The van der Waals surface area contributed by atoms with E-state index < -0.39 is 43.8 Å². The van der Waals surface area contributed by atoms with E-state index in [0.29, 0.717) is 21.8 Å². The number of alkyl halides is 3. The molecule has 0 saturated heterocycles. The number of halogens is 4. The standard InChI is InChI=1S/C28H22ClF3N6O3S/c1-27(2,21-9-5-6-14-34-21)36-25(39)22-24-35-15-19(18-7-3-4-8-20(18)29)23(38(24)37-26(22)42(33,40)41)16-10-12-17(13-11-16)28(30,31)32/h3-15H,1-2H3,(H,36,39)(H2,33,40,41). The van der Waals surface area contributed by atoms with Crippen molar-refractivity contribution < 1.29 is 26.4 Å². The van der Waals surface area contributed by atoms with Crippen LogP contribution >= 0.6 is 11.6 Å². The highest BCUT2D eigenvalue weighted by Gasteiger charge is 2.34. The molecule has 0 fully saturated rings. The number of primary sulfonamides is 1. The Balaban J connectivity index is 1.78. The minimum atomic E-state index is -4.59. The molecule has 42 heavy (non-hydrogen) atoms. The van der Waals surface area contributed by atoms with Crippen molar-refractivity contribution >= 4 is 33.2 Å². The summed E-state index contributed by atoms with van der Waals surface area (Å²) in [7, 11) is -4.59. The first-order valence-corrected chi connectivity index (χ1v) is 14.2. The Kier molecular flexibility index (Phi) is 7.29. The molecule has 0 aliphatic rings. The first kappa shape index (κ1) is 29.2. The molecular formula is C28H22ClF3N6O3S. The van der Waals surface area contributed by atoms with Crippen molar-refractivity contribution in [3.63, 3.8) is 0 Å². The fourth-order valence-electron chi connectivity index (χ4n) is 4.48. The summed E-state index contributed by atoms with van der Waals surface area (Å²) in [6, 6.07) is 15.9. The Bertz CT molecular complexity index is 1930. The smallest absolute Gasteiger partial charge is 0.341 e. The number of carbonyl (C=O) groups is 1. The number of pyridine rings is 1. The summed E-state index contributed by atoms with van der Waals surface area (Å²) in [5, 5.41) is 11.9. The largest absolute Gasteiger partial charge is 0.416 e. The summed E-state index contributed by atoms with van der Waals surface area (Å²) in [4.78, 5) is 22.3. The fourth-order valence-corrected chi connectivity index (χ4v) is 5.38. The highest BCUT2D eigenvalue weighted by molar-refractivity contribution is 7.89. The monoisotopic (exact) mass is 614 g/mol. The molecule has 5 rings (SSSR count). The third-order valence-corrected chi connectivity index (χ3v) is 7.64. The van der Waals surface area contributed by atoms with E-state index in [9.17, 15) is 26.4 Å². The Hall–Kier alpha value is -4.33. The quantitative estimate of drug-likeness (QED) is 0.262. The molecule has 2 aromatic carbocycles. The summed E-state index contributed by atoms with van der Waals surface area (Å²) >= 11 is 6.45. The van der Waals surface area contributed by atoms with Gasteiger partial charge in [0.25, 0.3) is 15.9 Å². The SMILES string of the molecule is CC(C)(NC(=O)c1c(S(N)(=O)=O)nn2c(-c3ccc(C(F)(F)F)cc3)c(-c3ccccc3Cl)cnc12)c1ccccn1. The number of carbonyl (C=O) groups excluding carboxylic acids is 1. The molecular weight excluding hydrogens is 593 g/mol. The molecule has 0 saturated carbocycles. The third kappa shape index (κ3) is 5.45. The highest BCUT2D eigenvalue weighted by Crippen LogP contribution is 2.38. The maximum Gasteiger partial charge on any atom is 0.416 e. The number of hydrogen-bond donors (Lipinski definition) is 2. The predicted octanol–water partition coefficient (Wildman–Crippen LogP) is 5.44. The van der Waals surface area contributed by atoms with Crippen LogP contribution in [0.15, 0.2) is 84.1 Å². The molecule has 0 unspecified atom stereocenters. The van der Waals surface area contributed by atoms with E-state index in [4.69, 9.17) is 16.7 Å². The van der Waals surface area contributed by atoms with Gasteiger partial charge in [0.1, 0.15) is 5.56 Å². The minimum absolute atomic E-state index is 0.134. The molecule has 9 nitrogen and oxygen atoms in total. The van der Waals surface area contributed by atoms with Crippen LogP contribution in [0.25, 0.3) is 28.0 Å². The summed E-state index contributed by atoms with van der Waals surface area (Å²) in [5.41, 5.74) is -0.986. The molecule has 5 aromatic rings. The third-order valence-electron chi connectivity index (χ3n) is 6.49. The maximum atomic E-state index is 13.7. The maximum absolute atomic E-state index is 13.7. The lowest BCUT2D eigenvalue weighted by Gasteiger charge is -2.25. The van der Waals surface area contributed by atoms with Gasteiger partial charge in [0.05, 0.1) is 22.5 Å². The summed E-state index contributed by atoms with van der Waals surface area (Å²) in [6.07, 6.45) is -1.70. The Morgan fingerprint density at radius 1 is 0.952 bits per heavy atom. The lowest BCUT2D eigenvalue weighted by atomic mass is 9.99. The molecule has 216 valence electrons. The van der Waals surface area contributed by atoms with E-state index in [1.54, 1.807) is 62.5 Å². The second-order valence-corrected chi connectivity index (χ2v) is 11.7. The van der Waals surface area contributed by atoms with Crippen LogP contribution in [-0.4, -0.2) is 33.9 Å². The van der Waals surface area contributed by atoms with Gasteiger partial charge in [-0.05, 0) is 44.2 Å². The van der Waals surface area contributed by atoms with Gasteiger partial charge in [0.15, 0.2) is 5.65 Å². The Morgan fingerprint density at radius 2 is 1.62 bits per heavy atom. The molecule has 3 aromatic heterocycles. The van der Waals surface area contributed by atoms with Crippen molar-refractivity contribution in [1.29, 1.82) is 0 Å². The summed E-state index contributed by atoms with van der Waals surface area (Å²) in [5.74, 6) is -0.860. The first-order chi connectivity index (χ1) is 19.7. The number of fused-ring (bicyclic) bond motifs is 1. The van der Waals surface area contributed by atoms with Gasteiger partial charge in [-0.3, -0.25) is 9.78 Å². The second kappa shape index (κ2) is 10.5. The minimum Gasteiger partial charge on any atom is -0.341 e. The molecule has 0 aliphatic carbocycles. The van der Waals surface area contributed by atoms with Crippen molar-refractivity contribution in [2.24, 2.45) is 5.14 Å². The Morgan fingerprint density at radius 3 is 2.21 bits per heavy atom. The summed E-state index contributed by atoms with van der Waals surface area (Å²) < 4.78 is 66.5. The van der Waals surface area contributed by atoms with Gasteiger partial charge in [-0.15, -0.1) is 0 Å². The summed E-state index contributed by atoms with van der Waals surface area (Å²) in [6.45, 7) is 3.35. The molecule has 0 bridgehead atoms. The molecule has 14 heteroatoms. The lowest BCUT2D eigenvalue weighted by molar-refractivity contribution is -0.137. The van der Waals surface area contributed by atoms with Gasteiger partial charge in [-0.1, -0.05) is 48.0 Å². The van der Waals surface area contributed by atoms with Crippen LogP contribution in [0.1, 0.15) is 35.5 Å². The van der Waals surface area contributed by atoms with Gasteiger partial charge < -0.3 is 5.32 Å². The number of aromatic nitrogens is 4. The molecule has 0 radical (unpaired) electrons. The van der Waals surface area contributed by atoms with E-state index in [2.05, 4.69) is 20.4 Å². The van der Waals surface area contributed by atoms with E-state index in [0.717, 1.165) is 16.6 Å². The van der Waals surface area contributed by atoms with E-state index >= 15 is 0 Å².